The molecular weight excluding hydrogens is 238 g/mol. The SMILES string of the molecule is COc1cc(CNc2nc(C)cnc2C)ccc1C. The van der Waals surface area contributed by atoms with Crippen molar-refractivity contribution in [2.45, 2.75) is 27.3 Å². The fourth-order valence-electron chi connectivity index (χ4n) is 1.87. The van der Waals surface area contributed by atoms with Crippen LogP contribution >= 0.6 is 0 Å². The Morgan fingerprint density at radius 3 is 2.74 bits per heavy atom. The van der Waals surface area contributed by atoms with Crippen LogP contribution in [0.5, 0.6) is 5.75 Å². The molecule has 0 fully saturated rings. The molecule has 2 aromatic rings. The summed E-state index contributed by atoms with van der Waals surface area (Å²) in [6.45, 7) is 6.62. The van der Waals surface area contributed by atoms with Gasteiger partial charge in [-0.3, -0.25) is 4.98 Å². The number of aryl methyl sites for hydroxylation is 3. The Morgan fingerprint density at radius 2 is 2.00 bits per heavy atom. The number of anilines is 1. The number of nitrogens with zero attached hydrogens (tertiary/aromatic N) is 2. The van der Waals surface area contributed by atoms with E-state index in [1.807, 2.05) is 26.8 Å². The van der Waals surface area contributed by atoms with Crippen LogP contribution in [0.2, 0.25) is 0 Å². The number of ether oxygens (including phenoxy) is 1. The van der Waals surface area contributed by atoms with E-state index in [0.29, 0.717) is 6.54 Å². The zero-order chi connectivity index (χ0) is 13.8. The highest BCUT2D eigenvalue weighted by atomic mass is 16.5. The molecule has 4 nitrogen and oxygen atoms in total. The molecule has 0 atom stereocenters. The Labute approximate surface area is 113 Å². The van der Waals surface area contributed by atoms with E-state index in [0.717, 1.165) is 34.1 Å². The lowest BCUT2D eigenvalue weighted by atomic mass is 10.1. The van der Waals surface area contributed by atoms with Crippen molar-refractivity contribution in [3.05, 3.63) is 46.9 Å². The molecule has 1 aromatic carbocycles. The lowest BCUT2D eigenvalue weighted by Crippen LogP contribution is -2.05. The molecule has 0 unspecified atom stereocenters. The molecular formula is C15H19N3O. The van der Waals surface area contributed by atoms with E-state index in [-0.39, 0.29) is 0 Å². The fraction of sp³-hybridized carbons (Fsp3) is 0.333. The number of hydrogen-bond donors (Lipinski definition) is 1. The number of aromatic nitrogens is 2. The molecule has 1 aromatic heterocycles. The summed E-state index contributed by atoms with van der Waals surface area (Å²) in [7, 11) is 1.69. The molecule has 4 heteroatoms. The Morgan fingerprint density at radius 1 is 1.21 bits per heavy atom. The first-order chi connectivity index (χ1) is 9.10. The molecule has 0 aliphatic rings. The van der Waals surface area contributed by atoms with Crippen molar-refractivity contribution in [2.75, 3.05) is 12.4 Å². The van der Waals surface area contributed by atoms with Crippen LogP contribution < -0.4 is 10.1 Å². The average Bonchev–Trinajstić information content (AvgIpc) is 2.41. The lowest BCUT2D eigenvalue weighted by molar-refractivity contribution is 0.411. The minimum absolute atomic E-state index is 0.704. The number of benzene rings is 1. The van der Waals surface area contributed by atoms with Crippen molar-refractivity contribution in [1.82, 2.24) is 9.97 Å². The molecule has 0 radical (unpaired) electrons. The van der Waals surface area contributed by atoms with Gasteiger partial charge in [0.05, 0.1) is 18.5 Å². The zero-order valence-corrected chi connectivity index (χ0v) is 11.8. The molecule has 0 saturated heterocycles. The molecule has 1 N–H and O–H groups in total. The highest BCUT2D eigenvalue weighted by Gasteiger charge is 2.03. The number of methoxy groups -OCH3 is 1. The first kappa shape index (κ1) is 13.3. The maximum absolute atomic E-state index is 5.32. The van der Waals surface area contributed by atoms with Gasteiger partial charge in [0.15, 0.2) is 0 Å². The summed E-state index contributed by atoms with van der Waals surface area (Å²) < 4.78 is 5.32. The van der Waals surface area contributed by atoms with Gasteiger partial charge < -0.3 is 10.1 Å². The van der Waals surface area contributed by atoms with Crippen LogP contribution in [-0.2, 0) is 6.54 Å². The van der Waals surface area contributed by atoms with Crippen molar-refractivity contribution in [3.8, 4) is 5.75 Å². The Hall–Kier alpha value is -2.10. The van der Waals surface area contributed by atoms with Gasteiger partial charge in [-0.2, -0.15) is 0 Å². The second kappa shape index (κ2) is 5.69. The van der Waals surface area contributed by atoms with Crippen LogP contribution in [0, 0.1) is 20.8 Å². The maximum Gasteiger partial charge on any atom is 0.148 e. The lowest BCUT2D eigenvalue weighted by Gasteiger charge is -2.11. The van der Waals surface area contributed by atoms with E-state index >= 15 is 0 Å². The Kier molecular flexibility index (Phi) is 4.00. The second-order valence-electron chi connectivity index (χ2n) is 4.60. The third kappa shape index (κ3) is 3.22. The summed E-state index contributed by atoms with van der Waals surface area (Å²) in [5.41, 5.74) is 4.11. The van der Waals surface area contributed by atoms with E-state index in [1.54, 1.807) is 13.3 Å². The van der Waals surface area contributed by atoms with Crippen molar-refractivity contribution in [2.24, 2.45) is 0 Å². The standard InChI is InChI=1S/C15H19N3O/c1-10-5-6-13(7-14(10)19-4)9-17-15-12(3)16-8-11(2)18-15/h5-8H,9H2,1-4H3,(H,17,18). The first-order valence-corrected chi connectivity index (χ1v) is 6.28. The highest BCUT2D eigenvalue weighted by molar-refractivity contribution is 5.42. The van der Waals surface area contributed by atoms with Gasteiger partial charge in [0.25, 0.3) is 0 Å². The Bertz CT molecular complexity index is 582. The van der Waals surface area contributed by atoms with E-state index in [9.17, 15) is 0 Å². The highest BCUT2D eigenvalue weighted by Crippen LogP contribution is 2.20. The topological polar surface area (TPSA) is 47.0 Å². The van der Waals surface area contributed by atoms with Gasteiger partial charge in [-0.05, 0) is 38.0 Å². The minimum Gasteiger partial charge on any atom is -0.496 e. The summed E-state index contributed by atoms with van der Waals surface area (Å²) in [5.74, 6) is 1.74. The van der Waals surface area contributed by atoms with Crippen LogP contribution in [0.3, 0.4) is 0 Å². The molecule has 1 heterocycles. The van der Waals surface area contributed by atoms with Crippen LogP contribution in [0.15, 0.2) is 24.4 Å². The van der Waals surface area contributed by atoms with E-state index in [2.05, 4.69) is 27.4 Å². The first-order valence-electron chi connectivity index (χ1n) is 6.28. The monoisotopic (exact) mass is 257 g/mol. The third-order valence-electron chi connectivity index (χ3n) is 3.01. The van der Waals surface area contributed by atoms with E-state index < -0.39 is 0 Å². The van der Waals surface area contributed by atoms with E-state index in [1.165, 1.54) is 0 Å². The van der Waals surface area contributed by atoms with E-state index in [4.69, 9.17) is 4.74 Å². The molecule has 100 valence electrons. The van der Waals surface area contributed by atoms with Crippen molar-refractivity contribution >= 4 is 5.82 Å². The summed E-state index contributed by atoms with van der Waals surface area (Å²) in [6.07, 6.45) is 1.77. The largest absolute Gasteiger partial charge is 0.496 e. The molecule has 0 bridgehead atoms. The quantitative estimate of drug-likeness (QED) is 0.914. The van der Waals surface area contributed by atoms with Gasteiger partial charge in [0, 0.05) is 12.7 Å². The summed E-state index contributed by atoms with van der Waals surface area (Å²) >= 11 is 0. The minimum atomic E-state index is 0.704. The maximum atomic E-state index is 5.32. The average molecular weight is 257 g/mol. The van der Waals surface area contributed by atoms with Gasteiger partial charge in [-0.15, -0.1) is 0 Å². The van der Waals surface area contributed by atoms with Crippen molar-refractivity contribution in [3.63, 3.8) is 0 Å². The number of hydrogen-bond acceptors (Lipinski definition) is 4. The smallest absolute Gasteiger partial charge is 0.148 e. The molecule has 0 saturated carbocycles. The normalized spacial score (nSPS) is 10.3. The van der Waals surface area contributed by atoms with Crippen LogP contribution in [0.4, 0.5) is 5.82 Å². The predicted molar refractivity (Wildman–Crippen MR) is 76.6 cm³/mol. The second-order valence-corrected chi connectivity index (χ2v) is 4.60. The Balaban J connectivity index is 2.12. The van der Waals surface area contributed by atoms with Gasteiger partial charge in [0.2, 0.25) is 0 Å². The van der Waals surface area contributed by atoms with Gasteiger partial charge in [0.1, 0.15) is 11.6 Å². The predicted octanol–water partition coefficient (Wildman–Crippen LogP) is 3.02. The van der Waals surface area contributed by atoms with Crippen LogP contribution in [0.1, 0.15) is 22.5 Å². The number of nitrogens with one attached hydrogen (secondary N) is 1. The molecule has 0 aliphatic heterocycles. The van der Waals surface area contributed by atoms with Crippen LogP contribution in [-0.4, -0.2) is 17.1 Å². The molecule has 2 rings (SSSR count). The third-order valence-corrected chi connectivity index (χ3v) is 3.01. The zero-order valence-electron chi connectivity index (χ0n) is 11.8. The summed E-state index contributed by atoms with van der Waals surface area (Å²) in [6, 6.07) is 6.19. The molecule has 0 amide bonds. The fourth-order valence-corrected chi connectivity index (χ4v) is 1.87. The van der Waals surface area contributed by atoms with Gasteiger partial charge in [-0.25, -0.2) is 4.98 Å². The number of rotatable bonds is 4. The van der Waals surface area contributed by atoms with Crippen molar-refractivity contribution < 1.29 is 4.74 Å². The van der Waals surface area contributed by atoms with Crippen LogP contribution in [0.25, 0.3) is 0 Å². The van der Waals surface area contributed by atoms with Gasteiger partial charge in [-0.1, -0.05) is 12.1 Å². The van der Waals surface area contributed by atoms with Gasteiger partial charge >= 0.3 is 0 Å². The molecule has 19 heavy (non-hydrogen) atoms. The molecule has 0 spiro atoms. The summed E-state index contributed by atoms with van der Waals surface area (Å²) in [5, 5.41) is 3.31. The summed E-state index contributed by atoms with van der Waals surface area (Å²) in [4.78, 5) is 8.73. The van der Waals surface area contributed by atoms with Crippen molar-refractivity contribution in [1.29, 1.82) is 0 Å². The molecule has 0 aliphatic carbocycles.